The average Bonchev–Trinajstić information content (AvgIpc) is 3.72. The number of rotatable bonds is 7. The molecule has 2 aromatic carbocycles. The number of fused-ring (bicyclic) bond motifs is 3. The Morgan fingerprint density at radius 3 is 2.76 bits per heavy atom. The summed E-state index contributed by atoms with van der Waals surface area (Å²) in [6.45, 7) is 5.39. The van der Waals surface area contributed by atoms with E-state index in [1.807, 2.05) is 31.2 Å². The lowest BCUT2D eigenvalue weighted by Crippen LogP contribution is -2.61. The number of aromatic nitrogens is 6. The highest BCUT2D eigenvalue weighted by atomic mass is 16.5. The Morgan fingerprint density at radius 2 is 1.90 bits per heavy atom. The molecule has 3 aliphatic rings. The van der Waals surface area contributed by atoms with Crippen LogP contribution in [0.1, 0.15) is 18.4 Å². The van der Waals surface area contributed by atoms with E-state index in [9.17, 15) is 0 Å². The summed E-state index contributed by atoms with van der Waals surface area (Å²) in [6.07, 6.45) is 6.74. The van der Waals surface area contributed by atoms with Gasteiger partial charge >= 0.3 is 0 Å². The summed E-state index contributed by atoms with van der Waals surface area (Å²) in [5, 5.41) is 8.62. The summed E-state index contributed by atoms with van der Waals surface area (Å²) in [6, 6.07) is 12.8. The number of hydrogen-bond acceptors (Lipinski definition) is 11. The molecule has 42 heavy (non-hydrogen) atoms. The molecule has 0 bridgehead atoms. The molecule has 8 rings (SSSR count). The molecule has 3 saturated heterocycles. The summed E-state index contributed by atoms with van der Waals surface area (Å²) >= 11 is 0. The molecule has 6 heterocycles. The van der Waals surface area contributed by atoms with E-state index >= 15 is 0 Å². The predicted octanol–water partition coefficient (Wildman–Crippen LogP) is 3.97. The van der Waals surface area contributed by atoms with Crippen molar-refractivity contribution in [2.24, 2.45) is 0 Å². The third-order valence-corrected chi connectivity index (χ3v) is 8.58. The van der Waals surface area contributed by atoms with Gasteiger partial charge in [-0.25, -0.2) is 24.5 Å². The molecule has 3 fully saturated rings. The SMILES string of the molecule is Cc1cc(Nc2ncnc3ccc(O[C@H]4CCOC4)c(N4CC5C4CCN5C)c23)ccc1Oc1cc2ncnn2cn1. The molecule has 12 nitrogen and oxygen atoms in total. The Kier molecular flexibility index (Phi) is 6.04. The van der Waals surface area contributed by atoms with Crippen molar-refractivity contribution in [2.75, 3.05) is 43.6 Å². The highest BCUT2D eigenvalue weighted by Crippen LogP contribution is 2.46. The van der Waals surface area contributed by atoms with E-state index in [0.29, 0.717) is 36.0 Å². The number of nitrogens with zero attached hydrogens (tertiary/aromatic N) is 8. The van der Waals surface area contributed by atoms with Crippen molar-refractivity contribution < 1.29 is 14.2 Å². The van der Waals surface area contributed by atoms with Crippen molar-refractivity contribution in [3.63, 3.8) is 0 Å². The van der Waals surface area contributed by atoms with Gasteiger partial charge < -0.3 is 24.4 Å². The van der Waals surface area contributed by atoms with Gasteiger partial charge in [-0.15, -0.1) is 0 Å². The van der Waals surface area contributed by atoms with E-state index in [1.54, 1.807) is 23.2 Å². The van der Waals surface area contributed by atoms with Crippen molar-refractivity contribution in [3.05, 3.63) is 60.9 Å². The summed E-state index contributed by atoms with van der Waals surface area (Å²) in [5.41, 5.74) is 4.45. The van der Waals surface area contributed by atoms with Crippen LogP contribution in [-0.4, -0.2) is 86.0 Å². The number of benzene rings is 2. The lowest BCUT2D eigenvalue weighted by atomic mass is 9.94. The van der Waals surface area contributed by atoms with Gasteiger partial charge in [0.25, 0.3) is 0 Å². The monoisotopic (exact) mass is 565 g/mol. The summed E-state index contributed by atoms with van der Waals surface area (Å²) in [5.74, 6) is 2.76. The second kappa shape index (κ2) is 10.1. The number of anilines is 3. The molecule has 0 spiro atoms. The standard InChI is InChI=1S/C30H31N9O3/c1-18-11-19(3-5-24(18)42-27-12-26-32-16-35-39(26)17-34-27)36-30-28-21(31-15-33-30)4-6-25(41-20-8-10-40-14-20)29(28)38-13-23-22(38)7-9-37(23)2/h3-6,11-12,15-17,20,22-23H,7-10,13-14H2,1-2H3,(H,31,33,36)/t20-,22?,23?/m0/s1. The largest absolute Gasteiger partial charge is 0.486 e. The fourth-order valence-electron chi connectivity index (χ4n) is 6.30. The zero-order valence-electron chi connectivity index (χ0n) is 23.5. The van der Waals surface area contributed by atoms with Crippen LogP contribution >= 0.6 is 0 Å². The van der Waals surface area contributed by atoms with Crippen molar-refractivity contribution >= 4 is 33.7 Å². The lowest BCUT2D eigenvalue weighted by Gasteiger charge is -2.48. The Morgan fingerprint density at radius 1 is 0.976 bits per heavy atom. The molecular formula is C30H31N9O3. The van der Waals surface area contributed by atoms with Gasteiger partial charge in [0.2, 0.25) is 5.88 Å². The highest BCUT2D eigenvalue weighted by Gasteiger charge is 2.47. The van der Waals surface area contributed by atoms with Crippen molar-refractivity contribution in [1.29, 1.82) is 0 Å². The van der Waals surface area contributed by atoms with Gasteiger partial charge in [0.1, 0.15) is 42.4 Å². The fourth-order valence-corrected chi connectivity index (χ4v) is 6.30. The number of nitrogens with one attached hydrogen (secondary N) is 1. The molecular weight excluding hydrogens is 534 g/mol. The van der Waals surface area contributed by atoms with Crippen molar-refractivity contribution in [1.82, 2.24) is 34.4 Å². The molecule has 0 amide bonds. The summed E-state index contributed by atoms with van der Waals surface area (Å²) in [7, 11) is 2.22. The second-order valence-corrected chi connectivity index (χ2v) is 11.2. The highest BCUT2D eigenvalue weighted by molar-refractivity contribution is 6.04. The third kappa shape index (κ3) is 4.34. The number of likely N-dealkylation sites (tertiary alicyclic amines) is 1. The van der Waals surface area contributed by atoms with Crippen LogP contribution in [0, 0.1) is 6.92 Å². The second-order valence-electron chi connectivity index (χ2n) is 11.2. The van der Waals surface area contributed by atoms with Gasteiger partial charge in [-0.3, -0.25) is 4.90 Å². The summed E-state index contributed by atoms with van der Waals surface area (Å²) in [4.78, 5) is 22.8. The van der Waals surface area contributed by atoms with E-state index in [1.165, 1.54) is 6.33 Å². The van der Waals surface area contributed by atoms with Gasteiger partial charge in [-0.2, -0.15) is 5.10 Å². The first kappa shape index (κ1) is 25.2. The molecule has 12 heteroatoms. The number of aryl methyl sites for hydroxylation is 1. The molecule has 3 aliphatic heterocycles. The van der Waals surface area contributed by atoms with Crippen LogP contribution in [0.3, 0.4) is 0 Å². The zero-order chi connectivity index (χ0) is 28.2. The molecule has 2 unspecified atom stereocenters. The predicted molar refractivity (Wildman–Crippen MR) is 157 cm³/mol. The van der Waals surface area contributed by atoms with Crippen LogP contribution in [0.4, 0.5) is 17.2 Å². The Bertz CT molecular complexity index is 1790. The maximum atomic E-state index is 6.57. The van der Waals surface area contributed by atoms with Gasteiger partial charge in [-0.1, -0.05) is 0 Å². The van der Waals surface area contributed by atoms with Crippen LogP contribution in [-0.2, 0) is 4.74 Å². The first-order valence-electron chi connectivity index (χ1n) is 14.3. The fraction of sp³-hybridized carbons (Fsp3) is 0.367. The summed E-state index contributed by atoms with van der Waals surface area (Å²) < 4.78 is 19.9. The van der Waals surface area contributed by atoms with E-state index in [-0.39, 0.29) is 6.10 Å². The van der Waals surface area contributed by atoms with Crippen LogP contribution in [0.15, 0.2) is 55.4 Å². The van der Waals surface area contributed by atoms with Gasteiger partial charge in [0.15, 0.2) is 5.65 Å². The van der Waals surface area contributed by atoms with Crippen LogP contribution in [0.25, 0.3) is 16.6 Å². The van der Waals surface area contributed by atoms with Crippen LogP contribution in [0.2, 0.25) is 0 Å². The number of ether oxygens (including phenoxy) is 3. The number of likely N-dealkylation sites (N-methyl/N-ethyl adjacent to an activating group) is 1. The minimum Gasteiger partial charge on any atom is -0.486 e. The molecule has 5 aromatic rings. The van der Waals surface area contributed by atoms with Crippen molar-refractivity contribution in [3.8, 4) is 17.4 Å². The smallest absolute Gasteiger partial charge is 0.224 e. The van der Waals surface area contributed by atoms with Crippen molar-refractivity contribution in [2.45, 2.75) is 38.0 Å². The quantitative estimate of drug-likeness (QED) is 0.309. The minimum absolute atomic E-state index is 0.0423. The maximum absolute atomic E-state index is 6.57. The van der Waals surface area contributed by atoms with Crippen LogP contribution in [0.5, 0.6) is 17.4 Å². The van der Waals surface area contributed by atoms with Crippen LogP contribution < -0.4 is 19.7 Å². The maximum Gasteiger partial charge on any atom is 0.224 e. The lowest BCUT2D eigenvalue weighted by molar-refractivity contribution is 0.141. The topological polar surface area (TPSA) is 115 Å². The zero-order valence-corrected chi connectivity index (χ0v) is 23.5. The minimum atomic E-state index is 0.0423. The Labute approximate surface area is 242 Å². The molecule has 1 N–H and O–H groups in total. The number of hydrogen-bond donors (Lipinski definition) is 1. The molecule has 214 valence electrons. The first-order chi connectivity index (χ1) is 20.6. The molecule has 0 saturated carbocycles. The van der Waals surface area contributed by atoms with E-state index in [0.717, 1.165) is 71.9 Å². The Hall–Kier alpha value is -4.55. The Balaban J connectivity index is 1.13. The van der Waals surface area contributed by atoms with E-state index < -0.39 is 0 Å². The van der Waals surface area contributed by atoms with Gasteiger partial charge in [0, 0.05) is 43.3 Å². The molecule has 0 aliphatic carbocycles. The van der Waals surface area contributed by atoms with E-state index in [4.69, 9.17) is 19.2 Å². The third-order valence-electron chi connectivity index (χ3n) is 8.58. The molecule has 3 aromatic heterocycles. The average molecular weight is 566 g/mol. The first-order valence-corrected chi connectivity index (χ1v) is 14.3. The van der Waals surface area contributed by atoms with Gasteiger partial charge in [-0.05, 0) is 56.3 Å². The van der Waals surface area contributed by atoms with Gasteiger partial charge in [0.05, 0.1) is 29.8 Å². The normalized spacial score (nSPS) is 22.0. The van der Waals surface area contributed by atoms with E-state index in [2.05, 4.69) is 48.3 Å². The molecule has 3 atom stereocenters. The molecule has 0 radical (unpaired) electrons.